The third-order valence-electron chi connectivity index (χ3n) is 3.94. The van der Waals surface area contributed by atoms with E-state index in [-0.39, 0.29) is 6.42 Å². The second-order valence-electron chi connectivity index (χ2n) is 6.43. The van der Waals surface area contributed by atoms with Gasteiger partial charge in [0.25, 0.3) is 0 Å². The molecular formula is C16H28O7. The van der Waals surface area contributed by atoms with E-state index >= 15 is 0 Å². The van der Waals surface area contributed by atoms with Crippen LogP contribution >= 0.6 is 0 Å². The van der Waals surface area contributed by atoms with Crippen LogP contribution in [0, 0.1) is 11.8 Å². The lowest BCUT2D eigenvalue weighted by atomic mass is 9.81. The summed E-state index contributed by atoms with van der Waals surface area (Å²) in [7, 11) is 0. The Bertz CT molecular complexity index is 405. The van der Waals surface area contributed by atoms with Crippen LogP contribution < -0.4 is 0 Å². The summed E-state index contributed by atoms with van der Waals surface area (Å²) >= 11 is 0. The molecule has 0 radical (unpaired) electrons. The van der Waals surface area contributed by atoms with Crippen LogP contribution in [0.2, 0.25) is 0 Å². The molecule has 0 saturated heterocycles. The van der Waals surface area contributed by atoms with Gasteiger partial charge in [-0.1, -0.05) is 52.4 Å². The van der Waals surface area contributed by atoms with Gasteiger partial charge in [-0.3, -0.25) is 9.59 Å². The quantitative estimate of drug-likeness (QED) is 0.381. The Balaban J connectivity index is 4.48. The van der Waals surface area contributed by atoms with Crippen molar-refractivity contribution in [2.75, 3.05) is 0 Å². The largest absolute Gasteiger partial charge is 0.481 e. The summed E-state index contributed by atoms with van der Waals surface area (Å²) < 4.78 is 0. The molecule has 0 aliphatic carbocycles. The average Bonchev–Trinajstić information content (AvgIpc) is 2.39. The van der Waals surface area contributed by atoms with E-state index in [2.05, 4.69) is 13.8 Å². The standard InChI is InChI=1S/C16H28O7/c1-11(2)8-6-4-3-5-7-9-12(14(19)20)16(23,15(21)22)10-13(17)18/h11-12,23H,3-10H2,1-2H3,(H,17,18)(H,19,20)(H,21,22). The molecule has 0 heterocycles. The maximum atomic E-state index is 11.3. The second-order valence-corrected chi connectivity index (χ2v) is 6.43. The van der Waals surface area contributed by atoms with E-state index in [4.69, 9.17) is 15.3 Å². The molecule has 0 rings (SSSR count). The zero-order chi connectivity index (χ0) is 18.0. The maximum Gasteiger partial charge on any atom is 0.337 e. The Labute approximate surface area is 136 Å². The normalized spacial score (nSPS) is 15.1. The van der Waals surface area contributed by atoms with Gasteiger partial charge in [0.1, 0.15) is 0 Å². The highest BCUT2D eigenvalue weighted by Gasteiger charge is 2.49. The van der Waals surface area contributed by atoms with Gasteiger partial charge in [0, 0.05) is 0 Å². The van der Waals surface area contributed by atoms with Crippen molar-refractivity contribution in [2.24, 2.45) is 11.8 Å². The van der Waals surface area contributed by atoms with Crippen molar-refractivity contribution in [1.29, 1.82) is 0 Å². The van der Waals surface area contributed by atoms with E-state index in [1.807, 2.05) is 0 Å². The Morgan fingerprint density at radius 2 is 1.35 bits per heavy atom. The van der Waals surface area contributed by atoms with Gasteiger partial charge >= 0.3 is 17.9 Å². The molecule has 2 atom stereocenters. The summed E-state index contributed by atoms with van der Waals surface area (Å²) in [5, 5.41) is 37.0. The van der Waals surface area contributed by atoms with Crippen LogP contribution in [-0.4, -0.2) is 43.9 Å². The lowest BCUT2D eigenvalue weighted by Gasteiger charge is -2.28. The van der Waals surface area contributed by atoms with E-state index in [9.17, 15) is 19.5 Å². The van der Waals surface area contributed by atoms with Crippen molar-refractivity contribution in [3.05, 3.63) is 0 Å². The molecule has 0 aromatic rings. The minimum atomic E-state index is -2.78. The zero-order valence-electron chi connectivity index (χ0n) is 13.8. The molecule has 0 aliphatic rings. The number of carboxylic acid groups (broad SMARTS) is 3. The van der Waals surface area contributed by atoms with Crippen molar-refractivity contribution >= 4 is 17.9 Å². The highest BCUT2D eigenvalue weighted by molar-refractivity contribution is 5.89. The molecule has 23 heavy (non-hydrogen) atoms. The predicted octanol–water partition coefficient (Wildman–Crippen LogP) is 2.36. The van der Waals surface area contributed by atoms with Crippen molar-refractivity contribution in [3.8, 4) is 0 Å². The molecule has 0 aromatic carbocycles. The number of carboxylic acids is 3. The van der Waals surface area contributed by atoms with Crippen molar-refractivity contribution < 1.29 is 34.8 Å². The van der Waals surface area contributed by atoms with Gasteiger partial charge in [-0.2, -0.15) is 0 Å². The zero-order valence-corrected chi connectivity index (χ0v) is 13.8. The summed E-state index contributed by atoms with van der Waals surface area (Å²) in [6.07, 6.45) is 4.13. The van der Waals surface area contributed by atoms with Crippen molar-refractivity contribution in [1.82, 2.24) is 0 Å². The average molecular weight is 332 g/mol. The molecule has 4 N–H and O–H groups in total. The summed E-state index contributed by atoms with van der Waals surface area (Å²) in [6.45, 7) is 4.29. The van der Waals surface area contributed by atoms with E-state index < -0.39 is 35.8 Å². The lowest BCUT2D eigenvalue weighted by Crippen LogP contribution is -2.50. The first kappa shape index (κ1) is 21.4. The number of aliphatic carboxylic acids is 3. The van der Waals surface area contributed by atoms with Gasteiger partial charge in [0.15, 0.2) is 5.60 Å². The predicted molar refractivity (Wildman–Crippen MR) is 83.1 cm³/mol. The first-order valence-corrected chi connectivity index (χ1v) is 8.01. The van der Waals surface area contributed by atoms with E-state index in [0.717, 1.165) is 32.1 Å². The summed E-state index contributed by atoms with van der Waals surface area (Å²) in [6, 6.07) is 0. The molecule has 0 aliphatic heterocycles. The molecule has 0 bridgehead atoms. The number of unbranched alkanes of at least 4 members (excludes halogenated alkanes) is 4. The van der Waals surface area contributed by atoms with Gasteiger partial charge in [-0.25, -0.2) is 4.79 Å². The Morgan fingerprint density at radius 1 is 0.870 bits per heavy atom. The van der Waals surface area contributed by atoms with Crippen LogP contribution in [0.15, 0.2) is 0 Å². The summed E-state index contributed by atoms with van der Waals surface area (Å²) in [4.78, 5) is 33.2. The second kappa shape index (κ2) is 10.2. The molecule has 2 unspecified atom stereocenters. The molecule has 7 heteroatoms. The molecule has 134 valence electrons. The molecule has 0 aromatic heterocycles. The molecule has 0 fully saturated rings. The Hall–Kier alpha value is -1.63. The van der Waals surface area contributed by atoms with Crippen LogP contribution in [0.1, 0.15) is 65.2 Å². The van der Waals surface area contributed by atoms with Crippen LogP contribution in [0.25, 0.3) is 0 Å². The third kappa shape index (κ3) is 7.97. The smallest absolute Gasteiger partial charge is 0.337 e. The van der Waals surface area contributed by atoms with E-state index in [1.54, 1.807) is 0 Å². The van der Waals surface area contributed by atoms with Crippen LogP contribution in [0.3, 0.4) is 0 Å². The molecule has 0 spiro atoms. The molecule has 0 amide bonds. The molecular weight excluding hydrogens is 304 g/mol. The maximum absolute atomic E-state index is 11.3. The topological polar surface area (TPSA) is 132 Å². The van der Waals surface area contributed by atoms with E-state index in [0.29, 0.717) is 12.3 Å². The number of hydrogen-bond donors (Lipinski definition) is 4. The van der Waals surface area contributed by atoms with Gasteiger partial charge in [-0.15, -0.1) is 0 Å². The molecule has 0 saturated carbocycles. The van der Waals surface area contributed by atoms with Crippen molar-refractivity contribution in [3.63, 3.8) is 0 Å². The highest BCUT2D eigenvalue weighted by atomic mass is 16.4. The van der Waals surface area contributed by atoms with Gasteiger partial charge < -0.3 is 20.4 Å². The fraction of sp³-hybridized carbons (Fsp3) is 0.812. The summed E-state index contributed by atoms with van der Waals surface area (Å²) in [5.74, 6) is -5.84. The van der Waals surface area contributed by atoms with Gasteiger partial charge in [0.2, 0.25) is 0 Å². The summed E-state index contributed by atoms with van der Waals surface area (Å²) in [5.41, 5.74) is -2.78. The number of rotatable bonds is 13. The Kier molecular flexibility index (Phi) is 9.48. The first-order valence-electron chi connectivity index (χ1n) is 8.01. The lowest BCUT2D eigenvalue weighted by molar-refractivity contribution is -0.179. The van der Waals surface area contributed by atoms with E-state index in [1.165, 1.54) is 0 Å². The van der Waals surface area contributed by atoms with Crippen molar-refractivity contribution in [2.45, 2.75) is 70.8 Å². The SMILES string of the molecule is CC(C)CCCCCCCC(C(=O)O)C(O)(CC(=O)O)C(=O)O. The number of carbonyl (C=O) groups is 3. The number of hydrogen-bond acceptors (Lipinski definition) is 4. The number of aliphatic hydroxyl groups is 1. The minimum absolute atomic E-state index is 0.0599. The molecule has 7 nitrogen and oxygen atoms in total. The first-order chi connectivity index (χ1) is 10.6. The van der Waals surface area contributed by atoms with Gasteiger partial charge in [0.05, 0.1) is 12.3 Å². The fourth-order valence-electron chi connectivity index (χ4n) is 2.58. The highest BCUT2D eigenvalue weighted by Crippen LogP contribution is 2.28. The van der Waals surface area contributed by atoms with Crippen LogP contribution in [-0.2, 0) is 14.4 Å². The fourth-order valence-corrected chi connectivity index (χ4v) is 2.58. The van der Waals surface area contributed by atoms with Crippen LogP contribution in [0.4, 0.5) is 0 Å². The third-order valence-corrected chi connectivity index (χ3v) is 3.94. The van der Waals surface area contributed by atoms with Gasteiger partial charge in [-0.05, 0) is 12.3 Å². The monoisotopic (exact) mass is 332 g/mol. The van der Waals surface area contributed by atoms with Crippen LogP contribution in [0.5, 0.6) is 0 Å². The Morgan fingerprint density at radius 3 is 1.74 bits per heavy atom. The minimum Gasteiger partial charge on any atom is -0.481 e.